The number of aryl methyl sites for hydroxylation is 3. The second kappa shape index (κ2) is 7.19. The summed E-state index contributed by atoms with van der Waals surface area (Å²) < 4.78 is 1.67. The van der Waals surface area contributed by atoms with Crippen molar-refractivity contribution in [2.45, 2.75) is 38.1 Å². The predicted molar refractivity (Wildman–Crippen MR) is 99.5 cm³/mol. The zero-order valence-corrected chi connectivity index (χ0v) is 15.5. The maximum Gasteiger partial charge on any atom is 0.214 e. The lowest BCUT2D eigenvalue weighted by atomic mass is 10.0. The van der Waals surface area contributed by atoms with E-state index >= 15 is 0 Å². The summed E-state index contributed by atoms with van der Waals surface area (Å²) in [6.45, 7) is 7.87. The van der Waals surface area contributed by atoms with Crippen molar-refractivity contribution < 1.29 is 4.79 Å². The highest BCUT2D eigenvalue weighted by atomic mass is 32.2. The summed E-state index contributed by atoms with van der Waals surface area (Å²) in [5, 5.41) is 12.3. The summed E-state index contributed by atoms with van der Waals surface area (Å²) >= 11 is 1.37. The minimum atomic E-state index is -0.282. The maximum absolute atomic E-state index is 12.8. The van der Waals surface area contributed by atoms with Gasteiger partial charge >= 0.3 is 0 Å². The lowest BCUT2D eigenvalue weighted by molar-refractivity contribution is 0.0993. The maximum atomic E-state index is 12.8. The van der Waals surface area contributed by atoms with Crippen LogP contribution >= 0.6 is 11.8 Å². The van der Waals surface area contributed by atoms with Crippen LogP contribution in [-0.4, -0.2) is 31.2 Å². The molecule has 0 fully saturated rings. The number of tetrazole rings is 1. The third-order valence-corrected chi connectivity index (χ3v) is 5.03. The Morgan fingerprint density at radius 1 is 1.08 bits per heavy atom. The van der Waals surface area contributed by atoms with E-state index in [2.05, 4.69) is 15.5 Å². The first-order valence-electron chi connectivity index (χ1n) is 8.09. The van der Waals surface area contributed by atoms with E-state index in [1.165, 1.54) is 11.8 Å². The summed E-state index contributed by atoms with van der Waals surface area (Å²) in [6, 6.07) is 13.9. The van der Waals surface area contributed by atoms with Crippen LogP contribution in [0.15, 0.2) is 47.6 Å². The lowest BCUT2D eigenvalue weighted by Crippen LogP contribution is -2.16. The lowest BCUT2D eigenvalue weighted by Gasteiger charge is -2.12. The second-order valence-corrected chi connectivity index (χ2v) is 7.46. The van der Waals surface area contributed by atoms with Gasteiger partial charge in [0.2, 0.25) is 5.16 Å². The summed E-state index contributed by atoms with van der Waals surface area (Å²) in [6.07, 6.45) is 0. The Labute approximate surface area is 151 Å². The van der Waals surface area contributed by atoms with E-state index in [0.29, 0.717) is 5.16 Å². The van der Waals surface area contributed by atoms with Crippen molar-refractivity contribution in [2.24, 2.45) is 0 Å². The molecule has 0 N–H and O–H groups in total. The third-order valence-electron chi connectivity index (χ3n) is 4.00. The minimum Gasteiger partial charge on any atom is -0.293 e. The van der Waals surface area contributed by atoms with Crippen molar-refractivity contribution in [3.8, 4) is 5.69 Å². The van der Waals surface area contributed by atoms with Gasteiger partial charge in [0, 0.05) is 5.56 Å². The van der Waals surface area contributed by atoms with Crippen LogP contribution in [0, 0.1) is 20.8 Å². The average Bonchev–Trinajstić information content (AvgIpc) is 3.04. The number of benzene rings is 2. The quantitative estimate of drug-likeness (QED) is 0.514. The van der Waals surface area contributed by atoms with Gasteiger partial charge in [-0.3, -0.25) is 4.79 Å². The number of nitrogens with zero attached hydrogens (tertiary/aromatic N) is 4. The molecule has 0 radical (unpaired) electrons. The Kier molecular flexibility index (Phi) is 4.99. The number of carbonyl (C=O) groups is 1. The molecule has 5 nitrogen and oxygen atoms in total. The van der Waals surface area contributed by atoms with E-state index in [9.17, 15) is 4.79 Å². The molecule has 0 aliphatic carbocycles. The van der Waals surface area contributed by atoms with Crippen LogP contribution in [-0.2, 0) is 0 Å². The van der Waals surface area contributed by atoms with E-state index in [1.807, 2.05) is 70.2 Å². The minimum absolute atomic E-state index is 0.0880. The topological polar surface area (TPSA) is 60.7 Å². The Morgan fingerprint density at radius 3 is 2.60 bits per heavy atom. The van der Waals surface area contributed by atoms with E-state index in [0.717, 1.165) is 27.9 Å². The molecule has 1 atom stereocenters. The molecule has 0 aliphatic heterocycles. The summed E-state index contributed by atoms with van der Waals surface area (Å²) in [5.41, 5.74) is 4.84. The molecule has 1 heterocycles. The van der Waals surface area contributed by atoms with Crippen LogP contribution in [0.2, 0.25) is 0 Å². The molecule has 6 heteroatoms. The van der Waals surface area contributed by atoms with Crippen LogP contribution in [0.4, 0.5) is 0 Å². The summed E-state index contributed by atoms with van der Waals surface area (Å²) in [4.78, 5) is 12.8. The predicted octanol–water partition coefficient (Wildman–Crippen LogP) is 3.95. The van der Waals surface area contributed by atoms with Gasteiger partial charge in [-0.25, -0.2) is 0 Å². The van der Waals surface area contributed by atoms with Crippen LogP contribution in [0.3, 0.4) is 0 Å². The Bertz CT molecular complexity index is 919. The van der Waals surface area contributed by atoms with Gasteiger partial charge in [-0.05, 0) is 67.4 Å². The molecular weight excluding hydrogens is 332 g/mol. The fourth-order valence-electron chi connectivity index (χ4n) is 2.61. The molecule has 2 aromatic carbocycles. The molecular formula is C19H20N4OS. The van der Waals surface area contributed by atoms with Gasteiger partial charge in [-0.1, -0.05) is 41.6 Å². The molecule has 1 aromatic heterocycles. The van der Waals surface area contributed by atoms with Crippen molar-refractivity contribution in [3.05, 3.63) is 64.7 Å². The Hall–Kier alpha value is -2.47. The molecule has 0 saturated heterocycles. The first-order chi connectivity index (χ1) is 12.0. The van der Waals surface area contributed by atoms with E-state index in [-0.39, 0.29) is 11.0 Å². The zero-order valence-electron chi connectivity index (χ0n) is 14.7. The standard InChI is InChI=1S/C19H20N4OS/c1-12-6-5-7-16(10-12)23-19(20-21-22-23)25-15(4)18(24)17-11-13(2)8-9-14(17)3/h5-11,15H,1-4H3. The van der Waals surface area contributed by atoms with Gasteiger partial charge in [0.05, 0.1) is 10.9 Å². The van der Waals surface area contributed by atoms with Gasteiger partial charge in [0.25, 0.3) is 0 Å². The fraction of sp³-hybridized carbons (Fsp3) is 0.263. The van der Waals surface area contributed by atoms with Gasteiger partial charge in [-0.15, -0.1) is 5.10 Å². The highest BCUT2D eigenvalue weighted by Gasteiger charge is 2.21. The summed E-state index contributed by atoms with van der Waals surface area (Å²) in [7, 11) is 0. The molecule has 128 valence electrons. The normalized spacial score (nSPS) is 12.2. The van der Waals surface area contributed by atoms with Crippen molar-refractivity contribution in [2.75, 3.05) is 0 Å². The first-order valence-corrected chi connectivity index (χ1v) is 8.97. The number of Topliss-reactive ketones (excluding diaryl/α,β-unsaturated/α-hetero) is 1. The number of rotatable bonds is 5. The zero-order chi connectivity index (χ0) is 18.0. The van der Waals surface area contributed by atoms with E-state index in [4.69, 9.17) is 0 Å². The Balaban J connectivity index is 1.85. The van der Waals surface area contributed by atoms with Crippen LogP contribution in [0.5, 0.6) is 0 Å². The van der Waals surface area contributed by atoms with Gasteiger partial charge in [0.15, 0.2) is 5.78 Å². The molecule has 0 spiro atoms. The van der Waals surface area contributed by atoms with Crippen molar-refractivity contribution in [1.82, 2.24) is 20.2 Å². The molecule has 25 heavy (non-hydrogen) atoms. The SMILES string of the molecule is Cc1cccc(-n2nnnc2SC(C)C(=O)c2cc(C)ccc2C)c1. The number of ketones is 1. The smallest absolute Gasteiger partial charge is 0.214 e. The second-order valence-electron chi connectivity index (χ2n) is 6.15. The van der Waals surface area contributed by atoms with Crippen LogP contribution in [0.25, 0.3) is 5.69 Å². The monoisotopic (exact) mass is 352 g/mol. The van der Waals surface area contributed by atoms with Gasteiger partial charge in [0.1, 0.15) is 0 Å². The highest BCUT2D eigenvalue weighted by Crippen LogP contribution is 2.26. The number of aromatic nitrogens is 4. The van der Waals surface area contributed by atoms with Crippen molar-refractivity contribution in [1.29, 1.82) is 0 Å². The molecule has 3 rings (SSSR count). The van der Waals surface area contributed by atoms with Crippen molar-refractivity contribution >= 4 is 17.5 Å². The van der Waals surface area contributed by atoms with Gasteiger partial charge < -0.3 is 0 Å². The highest BCUT2D eigenvalue weighted by molar-refractivity contribution is 8.00. The van der Waals surface area contributed by atoms with Gasteiger partial charge in [-0.2, -0.15) is 4.68 Å². The fourth-order valence-corrected chi connectivity index (χ4v) is 3.48. The molecule has 0 saturated carbocycles. The number of carbonyl (C=O) groups excluding carboxylic acids is 1. The summed E-state index contributed by atoms with van der Waals surface area (Å²) in [5.74, 6) is 0.0880. The average molecular weight is 352 g/mol. The molecule has 0 aliphatic rings. The van der Waals surface area contributed by atoms with Crippen LogP contribution in [0.1, 0.15) is 34.0 Å². The number of thioether (sulfide) groups is 1. The number of hydrogen-bond donors (Lipinski definition) is 0. The van der Waals surface area contributed by atoms with Crippen molar-refractivity contribution in [3.63, 3.8) is 0 Å². The number of hydrogen-bond acceptors (Lipinski definition) is 5. The molecule has 3 aromatic rings. The van der Waals surface area contributed by atoms with Crippen LogP contribution < -0.4 is 0 Å². The Morgan fingerprint density at radius 2 is 1.84 bits per heavy atom. The molecule has 1 unspecified atom stereocenters. The molecule has 0 amide bonds. The first kappa shape index (κ1) is 17.4. The van der Waals surface area contributed by atoms with E-state index < -0.39 is 0 Å². The van der Waals surface area contributed by atoms with E-state index in [1.54, 1.807) is 4.68 Å². The molecule has 0 bridgehead atoms. The third kappa shape index (κ3) is 3.79. The largest absolute Gasteiger partial charge is 0.293 e.